The molecule has 188 valence electrons. The summed E-state index contributed by atoms with van der Waals surface area (Å²) in [6.07, 6.45) is 6.50. The number of carboxylic acids is 1. The van der Waals surface area contributed by atoms with Crippen LogP contribution in [0.15, 0.2) is 53.5 Å². The Kier molecular flexibility index (Phi) is 8.77. The summed E-state index contributed by atoms with van der Waals surface area (Å²) in [7, 11) is 0. The van der Waals surface area contributed by atoms with E-state index in [1.54, 1.807) is 11.8 Å². The molecule has 1 aliphatic heterocycles. The molecule has 2 aromatic rings. The van der Waals surface area contributed by atoms with Crippen LogP contribution < -0.4 is 10.2 Å². The molecule has 0 amide bonds. The largest absolute Gasteiger partial charge is 0.481 e. The Labute approximate surface area is 214 Å². The SMILES string of the molecule is CC(C)CN(c1ccc(C(C)CC(=O)O)cc1NC1=N[C@@H](c2ccccc2)CS1)C1CCCCC1. The zero-order chi connectivity index (χ0) is 24.8. The lowest BCUT2D eigenvalue weighted by Gasteiger charge is -2.38. The van der Waals surface area contributed by atoms with E-state index in [1.165, 1.54) is 43.4 Å². The second kappa shape index (κ2) is 12.0. The second-order valence-corrected chi connectivity index (χ2v) is 11.4. The molecule has 1 aliphatic carbocycles. The van der Waals surface area contributed by atoms with E-state index in [2.05, 4.69) is 66.5 Å². The van der Waals surface area contributed by atoms with E-state index < -0.39 is 5.97 Å². The molecule has 1 fully saturated rings. The molecular weight excluding hydrogens is 454 g/mol. The highest BCUT2D eigenvalue weighted by Crippen LogP contribution is 2.38. The van der Waals surface area contributed by atoms with Gasteiger partial charge in [0.25, 0.3) is 0 Å². The molecule has 1 heterocycles. The lowest BCUT2D eigenvalue weighted by molar-refractivity contribution is -0.137. The molecule has 0 bridgehead atoms. The lowest BCUT2D eigenvalue weighted by atomic mass is 9.92. The van der Waals surface area contributed by atoms with Gasteiger partial charge in [-0.15, -0.1) is 0 Å². The Morgan fingerprint density at radius 1 is 1.11 bits per heavy atom. The quantitative estimate of drug-likeness (QED) is 0.383. The van der Waals surface area contributed by atoms with Gasteiger partial charge < -0.3 is 15.3 Å². The zero-order valence-corrected chi connectivity index (χ0v) is 22.1. The molecule has 1 saturated carbocycles. The molecule has 6 heteroatoms. The summed E-state index contributed by atoms with van der Waals surface area (Å²) >= 11 is 1.76. The van der Waals surface area contributed by atoms with Crippen molar-refractivity contribution in [2.24, 2.45) is 10.9 Å². The number of nitrogens with zero attached hydrogens (tertiary/aromatic N) is 2. The fourth-order valence-corrected chi connectivity index (χ4v) is 6.19. The summed E-state index contributed by atoms with van der Waals surface area (Å²) in [4.78, 5) is 19.0. The van der Waals surface area contributed by atoms with Gasteiger partial charge in [0, 0.05) is 18.3 Å². The van der Waals surface area contributed by atoms with Gasteiger partial charge in [-0.3, -0.25) is 9.79 Å². The van der Waals surface area contributed by atoms with Gasteiger partial charge in [0.2, 0.25) is 0 Å². The number of aliphatic imine (C=N–C) groups is 1. The van der Waals surface area contributed by atoms with Gasteiger partial charge in [0.1, 0.15) is 0 Å². The molecule has 0 spiro atoms. The van der Waals surface area contributed by atoms with Gasteiger partial charge in [-0.1, -0.05) is 88.2 Å². The highest BCUT2D eigenvalue weighted by Gasteiger charge is 2.26. The molecule has 2 atom stereocenters. The van der Waals surface area contributed by atoms with Crippen LogP contribution in [0.3, 0.4) is 0 Å². The summed E-state index contributed by atoms with van der Waals surface area (Å²) in [5, 5.41) is 14.0. The van der Waals surface area contributed by atoms with Crippen LogP contribution in [0.5, 0.6) is 0 Å². The van der Waals surface area contributed by atoms with Crippen LogP contribution in [-0.4, -0.2) is 34.6 Å². The average Bonchev–Trinajstić information content (AvgIpc) is 3.32. The van der Waals surface area contributed by atoms with E-state index in [9.17, 15) is 9.90 Å². The van der Waals surface area contributed by atoms with Gasteiger partial charge in [-0.2, -0.15) is 0 Å². The van der Waals surface area contributed by atoms with Crippen molar-refractivity contribution in [2.45, 2.75) is 77.3 Å². The number of hydrogen-bond donors (Lipinski definition) is 2. The number of aliphatic carboxylic acids is 1. The van der Waals surface area contributed by atoms with Crippen molar-refractivity contribution < 1.29 is 9.90 Å². The molecule has 0 saturated heterocycles. The van der Waals surface area contributed by atoms with E-state index in [1.807, 2.05) is 13.0 Å². The van der Waals surface area contributed by atoms with Crippen LogP contribution in [0.1, 0.15) is 82.4 Å². The van der Waals surface area contributed by atoms with Crippen molar-refractivity contribution in [3.63, 3.8) is 0 Å². The predicted molar refractivity (Wildman–Crippen MR) is 149 cm³/mol. The summed E-state index contributed by atoms with van der Waals surface area (Å²) in [6, 6.07) is 17.7. The van der Waals surface area contributed by atoms with Crippen LogP contribution in [0.2, 0.25) is 0 Å². The Bertz CT molecular complexity index is 1020. The van der Waals surface area contributed by atoms with E-state index in [4.69, 9.17) is 4.99 Å². The van der Waals surface area contributed by atoms with Crippen molar-refractivity contribution >= 4 is 34.3 Å². The predicted octanol–water partition coefficient (Wildman–Crippen LogP) is 7.32. The third kappa shape index (κ3) is 6.81. The van der Waals surface area contributed by atoms with Crippen molar-refractivity contribution in [3.8, 4) is 0 Å². The Balaban J connectivity index is 1.67. The lowest BCUT2D eigenvalue weighted by Crippen LogP contribution is -2.39. The Morgan fingerprint density at radius 2 is 1.86 bits per heavy atom. The number of carboxylic acid groups (broad SMARTS) is 1. The summed E-state index contributed by atoms with van der Waals surface area (Å²) in [5.41, 5.74) is 4.55. The Morgan fingerprint density at radius 3 is 2.54 bits per heavy atom. The normalized spacial score (nSPS) is 19.4. The standard InChI is InChI=1S/C29H39N3O2S/c1-20(2)18-32(24-12-8-5-9-13-24)27-15-14-23(21(3)16-28(33)34)17-25(27)30-29-31-26(19-35-29)22-10-6-4-7-11-22/h4,6-7,10-11,14-15,17,20-21,24,26H,5,8-9,12-13,16,18-19H2,1-3H3,(H,30,31)(H,33,34)/t21?,26-/m1/s1. The second-order valence-electron chi connectivity index (χ2n) is 10.4. The average molecular weight is 494 g/mol. The molecule has 4 rings (SSSR count). The number of rotatable bonds is 9. The number of thioether (sulfide) groups is 1. The van der Waals surface area contributed by atoms with Crippen LogP contribution in [0, 0.1) is 5.92 Å². The first-order valence-electron chi connectivity index (χ1n) is 13.1. The van der Waals surface area contributed by atoms with Crippen molar-refractivity contribution in [1.29, 1.82) is 0 Å². The summed E-state index contributed by atoms with van der Waals surface area (Å²) in [6.45, 7) is 7.57. The van der Waals surface area contributed by atoms with Gasteiger partial charge in [-0.25, -0.2) is 0 Å². The van der Waals surface area contributed by atoms with Crippen LogP contribution >= 0.6 is 11.8 Å². The highest BCUT2D eigenvalue weighted by atomic mass is 32.2. The number of anilines is 2. The molecule has 5 nitrogen and oxygen atoms in total. The van der Waals surface area contributed by atoms with E-state index >= 15 is 0 Å². The fraction of sp³-hybridized carbons (Fsp3) is 0.517. The third-order valence-corrected chi connectivity index (χ3v) is 8.00. The molecule has 2 aliphatic rings. The maximum absolute atomic E-state index is 11.4. The van der Waals surface area contributed by atoms with Gasteiger partial charge in [0.15, 0.2) is 5.17 Å². The first kappa shape index (κ1) is 25.6. The molecule has 0 radical (unpaired) electrons. The minimum absolute atomic E-state index is 0.0504. The van der Waals surface area contributed by atoms with Crippen LogP contribution in [-0.2, 0) is 4.79 Å². The molecule has 0 aromatic heterocycles. The third-order valence-electron chi connectivity index (χ3n) is 7.03. The van der Waals surface area contributed by atoms with Gasteiger partial charge >= 0.3 is 5.97 Å². The molecule has 1 unspecified atom stereocenters. The van der Waals surface area contributed by atoms with E-state index in [0.717, 1.165) is 28.7 Å². The molecule has 35 heavy (non-hydrogen) atoms. The van der Waals surface area contributed by atoms with Crippen molar-refractivity contribution in [1.82, 2.24) is 0 Å². The van der Waals surface area contributed by atoms with Crippen molar-refractivity contribution in [2.75, 3.05) is 22.5 Å². The first-order valence-corrected chi connectivity index (χ1v) is 14.0. The number of nitrogens with one attached hydrogen (secondary N) is 1. The minimum Gasteiger partial charge on any atom is -0.481 e. The number of hydrogen-bond acceptors (Lipinski definition) is 5. The smallest absolute Gasteiger partial charge is 0.303 e. The van der Waals surface area contributed by atoms with E-state index in [-0.39, 0.29) is 18.4 Å². The zero-order valence-electron chi connectivity index (χ0n) is 21.2. The van der Waals surface area contributed by atoms with Gasteiger partial charge in [-0.05, 0) is 47.9 Å². The molecule has 2 aromatic carbocycles. The number of amidine groups is 1. The highest BCUT2D eigenvalue weighted by molar-refractivity contribution is 8.14. The summed E-state index contributed by atoms with van der Waals surface area (Å²) < 4.78 is 0. The number of carbonyl (C=O) groups is 1. The maximum atomic E-state index is 11.4. The minimum atomic E-state index is -0.763. The molecule has 2 N–H and O–H groups in total. The maximum Gasteiger partial charge on any atom is 0.303 e. The van der Waals surface area contributed by atoms with Crippen molar-refractivity contribution in [3.05, 3.63) is 59.7 Å². The monoisotopic (exact) mass is 493 g/mol. The Hall–Kier alpha value is -2.47. The van der Waals surface area contributed by atoms with Crippen LogP contribution in [0.4, 0.5) is 11.4 Å². The van der Waals surface area contributed by atoms with Gasteiger partial charge in [0.05, 0.1) is 23.8 Å². The molecular formula is C29H39N3O2S. The fourth-order valence-electron chi connectivity index (χ4n) is 5.22. The number of benzene rings is 2. The topological polar surface area (TPSA) is 64.9 Å². The summed E-state index contributed by atoms with van der Waals surface area (Å²) in [5.74, 6) is 0.664. The first-order chi connectivity index (χ1) is 16.9. The van der Waals surface area contributed by atoms with E-state index in [0.29, 0.717) is 12.0 Å². The van der Waals surface area contributed by atoms with Crippen LogP contribution in [0.25, 0.3) is 0 Å².